The number of ketones is 1. The Morgan fingerprint density at radius 3 is 2.24 bits per heavy atom. The summed E-state index contributed by atoms with van der Waals surface area (Å²) in [5.74, 6) is 0.134. The van der Waals surface area contributed by atoms with E-state index in [1.807, 2.05) is 45.0 Å². The molecular weight excluding hydrogens is 430 g/mol. The predicted molar refractivity (Wildman–Crippen MR) is 135 cm³/mol. The van der Waals surface area contributed by atoms with Crippen LogP contribution < -0.4 is 15.1 Å². The number of hydrogen-bond acceptors (Lipinski definition) is 5. The number of rotatable bonds is 4. The molecule has 0 spiro atoms. The molecule has 2 aliphatic rings. The molecule has 1 saturated carbocycles. The number of amides is 2. The number of alkyl carbamates (subject to hydrolysis) is 1. The van der Waals surface area contributed by atoms with Crippen molar-refractivity contribution in [1.29, 1.82) is 0 Å². The maximum absolute atomic E-state index is 13.9. The van der Waals surface area contributed by atoms with E-state index >= 15 is 0 Å². The van der Waals surface area contributed by atoms with Crippen molar-refractivity contribution >= 4 is 29.2 Å². The fourth-order valence-electron chi connectivity index (χ4n) is 4.79. The second-order valence-corrected chi connectivity index (χ2v) is 11.8. The van der Waals surface area contributed by atoms with Crippen LogP contribution in [0.1, 0.15) is 74.1 Å². The van der Waals surface area contributed by atoms with E-state index in [4.69, 9.17) is 4.74 Å². The molecule has 0 bridgehead atoms. The molecule has 0 saturated heterocycles. The molecule has 7 nitrogen and oxygen atoms in total. The number of ether oxygens (including phenoxy) is 1. The summed E-state index contributed by atoms with van der Waals surface area (Å²) in [6, 6.07) is 7.21. The molecule has 1 heterocycles. The lowest BCUT2D eigenvalue weighted by atomic mass is 9.84. The minimum atomic E-state index is -0.829. The van der Waals surface area contributed by atoms with Crippen molar-refractivity contribution in [3.05, 3.63) is 24.3 Å². The summed E-state index contributed by atoms with van der Waals surface area (Å²) in [4.78, 5) is 43.4. The second-order valence-electron chi connectivity index (χ2n) is 11.8. The third kappa shape index (κ3) is 6.10. The molecule has 1 aromatic carbocycles. The molecule has 188 valence electrons. The van der Waals surface area contributed by atoms with Gasteiger partial charge in [-0.2, -0.15) is 0 Å². The summed E-state index contributed by atoms with van der Waals surface area (Å²) in [6.45, 7) is 13.5. The van der Waals surface area contributed by atoms with Crippen LogP contribution in [0.5, 0.6) is 0 Å². The van der Waals surface area contributed by atoms with E-state index in [1.165, 1.54) is 6.42 Å². The summed E-state index contributed by atoms with van der Waals surface area (Å²) in [5, 5.41) is 2.82. The molecule has 1 fully saturated rings. The molecule has 0 aromatic heterocycles. The van der Waals surface area contributed by atoms with Crippen molar-refractivity contribution in [1.82, 2.24) is 5.32 Å². The quantitative estimate of drug-likeness (QED) is 0.674. The van der Waals surface area contributed by atoms with E-state index in [1.54, 1.807) is 25.7 Å². The minimum Gasteiger partial charge on any atom is -0.444 e. The zero-order chi connectivity index (χ0) is 25.3. The molecule has 34 heavy (non-hydrogen) atoms. The first-order chi connectivity index (χ1) is 15.8. The van der Waals surface area contributed by atoms with E-state index < -0.39 is 23.2 Å². The van der Waals surface area contributed by atoms with E-state index in [0.29, 0.717) is 12.5 Å². The largest absolute Gasteiger partial charge is 0.444 e. The lowest BCUT2D eigenvalue weighted by Gasteiger charge is -2.41. The van der Waals surface area contributed by atoms with Gasteiger partial charge in [0.05, 0.1) is 17.9 Å². The molecule has 2 unspecified atom stereocenters. The molecule has 1 N–H and O–H groups in total. The predicted octanol–water partition coefficient (Wildman–Crippen LogP) is 4.93. The highest BCUT2D eigenvalue weighted by Crippen LogP contribution is 2.39. The first-order valence-corrected chi connectivity index (χ1v) is 12.5. The van der Waals surface area contributed by atoms with Gasteiger partial charge >= 0.3 is 6.09 Å². The van der Waals surface area contributed by atoms with Crippen LogP contribution >= 0.6 is 0 Å². The summed E-state index contributed by atoms with van der Waals surface area (Å²) in [5.41, 5.74) is 0.383. The molecule has 1 aromatic rings. The number of nitrogens with zero attached hydrogens (tertiary/aromatic N) is 2. The SMILES string of the molecule is CC1CCCCC1N1C[C@@H](NC(=O)OC(C)(C)C)C(=O)N(CC(=O)C(C)(C)C)c2ccccc21. The van der Waals surface area contributed by atoms with Crippen LogP contribution in [-0.4, -0.2) is 48.6 Å². The molecule has 1 aliphatic heterocycles. The topological polar surface area (TPSA) is 79.0 Å². The average molecular weight is 472 g/mol. The van der Waals surface area contributed by atoms with Crippen molar-refractivity contribution in [3.63, 3.8) is 0 Å². The van der Waals surface area contributed by atoms with Crippen molar-refractivity contribution < 1.29 is 19.1 Å². The van der Waals surface area contributed by atoms with Gasteiger partial charge in [-0.05, 0) is 51.7 Å². The number of fused-ring (bicyclic) bond motifs is 1. The molecule has 0 radical (unpaired) electrons. The highest BCUT2D eigenvalue weighted by Gasteiger charge is 2.40. The molecule has 3 rings (SSSR count). The van der Waals surface area contributed by atoms with Gasteiger partial charge in [0.2, 0.25) is 0 Å². The Hall–Kier alpha value is -2.57. The Labute approximate surface area is 204 Å². The van der Waals surface area contributed by atoms with Gasteiger partial charge in [0.1, 0.15) is 11.6 Å². The standard InChI is InChI=1S/C27H41N3O4/c1-18-12-8-9-13-20(18)29-16-19(28-25(33)34-27(5,6)7)24(32)30(17-23(31)26(2,3)4)22-15-11-10-14-21(22)29/h10-11,14-15,18-20H,8-9,12-13,16-17H2,1-7H3,(H,28,33)/t18?,19-,20?/m1/s1. The summed E-state index contributed by atoms with van der Waals surface area (Å²) in [6.07, 6.45) is 3.88. The Kier molecular flexibility index (Phi) is 7.63. The van der Waals surface area contributed by atoms with Crippen molar-refractivity contribution in [2.24, 2.45) is 11.3 Å². The van der Waals surface area contributed by atoms with E-state index in [0.717, 1.165) is 30.6 Å². The monoisotopic (exact) mass is 471 g/mol. The van der Waals surface area contributed by atoms with Crippen LogP contribution in [0.15, 0.2) is 24.3 Å². The number of nitrogens with one attached hydrogen (secondary N) is 1. The number of benzene rings is 1. The average Bonchev–Trinajstić information content (AvgIpc) is 2.83. The third-order valence-corrected chi connectivity index (χ3v) is 6.72. The maximum atomic E-state index is 13.9. The van der Waals surface area contributed by atoms with Gasteiger partial charge in [-0.3, -0.25) is 9.59 Å². The zero-order valence-electron chi connectivity index (χ0n) is 21.8. The van der Waals surface area contributed by atoms with Crippen molar-refractivity contribution in [3.8, 4) is 0 Å². The van der Waals surface area contributed by atoms with Gasteiger partial charge in [-0.1, -0.05) is 52.7 Å². The Bertz CT molecular complexity index is 915. The molecule has 2 amide bonds. The highest BCUT2D eigenvalue weighted by atomic mass is 16.6. The van der Waals surface area contributed by atoms with Gasteiger partial charge in [0, 0.05) is 18.0 Å². The fraction of sp³-hybridized carbons (Fsp3) is 0.667. The Morgan fingerprint density at radius 1 is 1.03 bits per heavy atom. The van der Waals surface area contributed by atoms with Crippen LogP contribution in [0.25, 0.3) is 0 Å². The van der Waals surface area contributed by atoms with Crippen LogP contribution in [0.3, 0.4) is 0 Å². The van der Waals surface area contributed by atoms with Crippen LogP contribution in [-0.2, 0) is 14.3 Å². The Balaban J connectivity index is 2.04. The van der Waals surface area contributed by atoms with E-state index in [9.17, 15) is 14.4 Å². The lowest BCUT2D eigenvalue weighted by molar-refractivity contribution is -0.127. The Morgan fingerprint density at radius 2 is 1.65 bits per heavy atom. The summed E-state index contributed by atoms with van der Waals surface area (Å²) in [7, 11) is 0. The van der Waals surface area contributed by atoms with E-state index in [-0.39, 0.29) is 24.3 Å². The summed E-state index contributed by atoms with van der Waals surface area (Å²) >= 11 is 0. The normalized spacial score (nSPS) is 23.7. The van der Waals surface area contributed by atoms with Gasteiger partial charge in [-0.15, -0.1) is 0 Å². The fourth-order valence-corrected chi connectivity index (χ4v) is 4.79. The summed E-state index contributed by atoms with van der Waals surface area (Å²) < 4.78 is 5.47. The van der Waals surface area contributed by atoms with Crippen LogP contribution in [0, 0.1) is 11.3 Å². The van der Waals surface area contributed by atoms with Gasteiger partial charge < -0.3 is 19.9 Å². The maximum Gasteiger partial charge on any atom is 0.408 e. The number of carbonyl (C=O) groups is 3. The second kappa shape index (κ2) is 9.96. The number of hydrogen-bond donors (Lipinski definition) is 1. The number of carbonyl (C=O) groups excluding carboxylic acids is 3. The van der Waals surface area contributed by atoms with Crippen LogP contribution in [0.2, 0.25) is 0 Å². The van der Waals surface area contributed by atoms with Gasteiger partial charge in [0.25, 0.3) is 5.91 Å². The van der Waals surface area contributed by atoms with Crippen LogP contribution in [0.4, 0.5) is 16.2 Å². The van der Waals surface area contributed by atoms with E-state index in [2.05, 4.69) is 17.1 Å². The van der Waals surface area contributed by atoms with Crippen molar-refractivity contribution in [2.45, 2.75) is 91.8 Å². The number of anilines is 2. The third-order valence-electron chi connectivity index (χ3n) is 6.72. The minimum absolute atomic E-state index is 0.0360. The van der Waals surface area contributed by atoms with Crippen molar-refractivity contribution in [2.75, 3.05) is 22.9 Å². The zero-order valence-corrected chi connectivity index (χ0v) is 21.8. The molecule has 1 aliphatic carbocycles. The number of Topliss-reactive ketones (excluding diaryl/α,β-unsaturated/α-hetero) is 1. The first kappa shape index (κ1) is 26.0. The highest BCUT2D eigenvalue weighted by molar-refractivity contribution is 6.07. The van der Waals surface area contributed by atoms with Gasteiger partial charge in [0.15, 0.2) is 5.78 Å². The molecular formula is C27H41N3O4. The molecule has 3 atom stereocenters. The number of para-hydroxylation sites is 2. The first-order valence-electron chi connectivity index (χ1n) is 12.5. The lowest BCUT2D eigenvalue weighted by Crippen LogP contribution is -2.56. The smallest absolute Gasteiger partial charge is 0.408 e. The molecule has 7 heteroatoms. The van der Waals surface area contributed by atoms with Gasteiger partial charge in [-0.25, -0.2) is 4.79 Å².